The summed E-state index contributed by atoms with van der Waals surface area (Å²) in [6, 6.07) is 18.2. The predicted molar refractivity (Wildman–Crippen MR) is 127 cm³/mol. The zero-order valence-corrected chi connectivity index (χ0v) is 19.1. The molecule has 164 valence electrons. The summed E-state index contributed by atoms with van der Waals surface area (Å²) in [5.41, 5.74) is 3.94. The predicted octanol–water partition coefficient (Wildman–Crippen LogP) is 6.44. The van der Waals surface area contributed by atoms with Crippen LogP contribution in [0.15, 0.2) is 54.6 Å². The normalized spacial score (nSPS) is 10.9. The Morgan fingerprint density at radius 1 is 0.968 bits per heavy atom. The Morgan fingerprint density at radius 3 is 2.42 bits per heavy atom. The van der Waals surface area contributed by atoms with Crippen molar-refractivity contribution in [1.29, 1.82) is 0 Å². The number of amides is 1. The Balaban J connectivity index is 1.82. The maximum atomic E-state index is 12.3. The first-order valence-electron chi connectivity index (χ1n) is 11.4. The lowest BCUT2D eigenvalue weighted by molar-refractivity contribution is -0.129. The molecule has 0 unspecified atom stereocenters. The molecule has 0 spiro atoms. The number of hydrogen-bond acceptors (Lipinski definition) is 3. The molecule has 1 heterocycles. The van der Waals surface area contributed by atoms with Crippen LogP contribution in [-0.4, -0.2) is 22.3 Å². The summed E-state index contributed by atoms with van der Waals surface area (Å²) in [7, 11) is 0. The summed E-state index contributed by atoms with van der Waals surface area (Å²) in [6.45, 7) is 7.70. The van der Waals surface area contributed by atoms with Gasteiger partial charge in [0, 0.05) is 24.4 Å². The fraction of sp³-hybridized carbons (Fsp3) is 0.407. The fourth-order valence-electron chi connectivity index (χ4n) is 3.83. The monoisotopic (exact) mass is 418 g/mol. The van der Waals surface area contributed by atoms with Crippen LogP contribution in [0.2, 0.25) is 0 Å². The van der Waals surface area contributed by atoms with E-state index in [1.165, 1.54) is 19.3 Å². The molecule has 2 aromatic carbocycles. The summed E-state index contributed by atoms with van der Waals surface area (Å²) in [4.78, 5) is 19.1. The van der Waals surface area contributed by atoms with E-state index in [0.717, 1.165) is 52.9 Å². The molecule has 0 fully saturated rings. The maximum absolute atomic E-state index is 12.3. The molecule has 4 nitrogen and oxygen atoms in total. The number of rotatable bonds is 11. The minimum absolute atomic E-state index is 0.0941. The molecule has 4 heteroatoms. The lowest BCUT2D eigenvalue weighted by Crippen LogP contribution is -2.30. The van der Waals surface area contributed by atoms with Crippen molar-refractivity contribution in [3.05, 3.63) is 71.4 Å². The maximum Gasteiger partial charge on any atom is 0.219 e. The Kier molecular flexibility index (Phi) is 8.45. The van der Waals surface area contributed by atoms with Gasteiger partial charge in [0.25, 0.3) is 0 Å². The van der Waals surface area contributed by atoms with E-state index in [2.05, 4.69) is 32.0 Å². The zero-order valence-electron chi connectivity index (χ0n) is 19.1. The van der Waals surface area contributed by atoms with E-state index >= 15 is 0 Å². The van der Waals surface area contributed by atoms with Crippen LogP contribution in [0, 0.1) is 6.92 Å². The van der Waals surface area contributed by atoms with Gasteiger partial charge in [0.2, 0.25) is 5.91 Å². The van der Waals surface area contributed by atoms with Gasteiger partial charge in [0.05, 0.1) is 17.8 Å². The summed E-state index contributed by atoms with van der Waals surface area (Å²) in [6.07, 6.45) is 5.90. The first-order chi connectivity index (χ1) is 15.1. The number of hydrogen-bond donors (Lipinski definition) is 0. The van der Waals surface area contributed by atoms with Gasteiger partial charge >= 0.3 is 0 Å². The van der Waals surface area contributed by atoms with Crippen LogP contribution in [0.25, 0.3) is 10.9 Å². The number of pyridine rings is 1. The Labute approximate surface area is 186 Å². The first-order valence-corrected chi connectivity index (χ1v) is 11.4. The molecule has 0 radical (unpaired) electrons. The van der Waals surface area contributed by atoms with Gasteiger partial charge in [-0.05, 0) is 31.0 Å². The number of carbonyl (C=O) groups excluding carboxylic acids is 1. The van der Waals surface area contributed by atoms with Crippen LogP contribution in [-0.2, 0) is 17.9 Å². The number of carbonyl (C=O) groups is 1. The number of unbranched alkanes of at least 4 members (excludes halogenated alkanes) is 4. The summed E-state index contributed by atoms with van der Waals surface area (Å²) in [5, 5.41) is 1.01. The second-order valence-electron chi connectivity index (χ2n) is 8.16. The molecule has 0 aliphatic carbocycles. The van der Waals surface area contributed by atoms with Crippen molar-refractivity contribution < 1.29 is 9.53 Å². The minimum atomic E-state index is 0.0941. The Bertz CT molecular complexity index is 985. The van der Waals surface area contributed by atoms with Gasteiger partial charge in [-0.1, -0.05) is 75.1 Å². The number of aromatic nitrogens is 1. The smallest absolute Gasteiger partial charge is 0.219 e. The standard InChI is InChI=1S/C27H34N2O2/c1-4-5-6-7-13-18-29(22(3)30)19-26-21(2)27(24-16-11-12-17-25(24)28-26)31-20-23-14-9-8-10-15-23/h8-12,14-17H,4-7,13,18-20H2,1-3H3. The van der Waals surface area contributed by atoms with Gasteiger partial charge in [-0.25, -0.2) is 0 Å². The molecule has 0 aliphatic rings. The highest BCUT2D eigenvalue weighted by molar-refractivity contribution is 5.86. The molecule has 0 atom stereocenters. The third kappa shape index (κ3) is 6.30. The highest BCUT2D eigenvalue weighted by Crippen LogP contribution is 2.31. The van der Waals surface area contributed by atoms with Crippen LogP contribution in [0.1, 0.15) is 62.8 Å². The van der Waals surface area contributed by atoms with Gasteiger partial charge < -0.3 is 9.64 Å². The van der Waals surface area contributed by atoms with Crippen molar-refractivity contribution in [1.82, 2.24) is 9.88 Å². The lowest BCUT2D eigenvalue weighted by atomic mass is 10.1. The zero-order chi connectivity index (χ0) is 22.1. The molecule has 0 saturated heterocycles. The molecule has 3 aromatic rings. The molecule has 0 saturated carbocycles. The SMILES string of the molecule is CCCCCCCN(Cc1nc2ccccc2c(OCc2ccccc2)c1C)C(C)=O. The molecule has 0 aliphatic heterocycles. The van der Waals surface area contributed by atoms with E-state index in [1.54, 1.807) is 6.92 Å². The van der Waals surface area contributed by atoms with Crippen LogP contribution >= 0.6 is 0 Å². The largest absolute Gasteiger partial charge is 0.488 e. The topological polar surface area (TPSA) is 42.4 Å². The number of para-hydroxylation sites is 1. The molecule has 1 amide bonds. The number of fused-ring (bicyclic) bond motifs is 1. The number of ether oxygens (including phenoxy) is 1. The molecular weight excluding hydrogens is 384 g/mol. The number of benzene rings is 2. The van der Waals surface area contributed by atoms with Gasteiger partial charge in [-0.3, -0.25) is 9.78 Å². The second kappa shape index (κ2) is 11.5. The molecular formula is C27H34N2O2. The first kappa shape index (κ1) is 22.8. The van der Waals surface area contributed by atoms with Gasteiger partial charge in [0.15, 0.2) is 0 Å². The quantitative estimate of drug-likeness (QED) is 0.336. The second-order valence-corrected chi connectivity index (χ2v) is 8.16. The van der Waals surface area contributed by atoms with Gasteiger partial charge in [-0.15, -0.1) is 0 Å². The van der Waals surface area contributed by atoms with E-state index in [4.69, 9.17) is 9.72 Å². The average Bonchev–Trinajstić information content (AvgIpc) is 2.78. The van der Waals surface area contributed by atoms with Gasteiger partial charge in [0.1, 0.15) is 12.4 Å². The van der Waals surface area contributed by atoms with Gasteiger partial charge in [-0.2, -0.15) is 0 Å². The van der Waals surface area contributed by atoms with Crippen molar-refractivity contribution in [3.8, 4) is 5.75 Å². The van der Waals surface area contributed by atoms with Crippen LogP contribution in [0.4, 0.5) is 0 Å². The Hall–Kier alpha value is -2.88. The van der Waals surface area contributed by atoms with E-state index < -0.39 is 0 Å². The molecule has 3 rings (SSSR count). The third-order valence-corrected chi connectivity index (χ3v) is 5.72. The van der Waals surface area contributed by atoms with E-state index in [-0.39, 0.29) is 5.91 Å². The number of nitrogens with zero attached hydrogens (tertiary/aromatic N) is 2. The molecule has 0 bridgehead atoms. The van der Waals surface area contributed by atoms with Crippen LogP contribution in [0.5, 0.6) is 5.75 Å². The third-order valence-electron chi connectivity index (χ3n) is 5.72. The van der Waals surface area contributed by atoms with Crippen molar-refractivity contribution in [3.63, 3.8) is 0 Å². The van der Waals surface area contributed by atoms with Crippen molar-refractivity contribution in [2.45, 2.75) is 66.0 Å². The van der Waals surface area contributed by atoms with E-state index in [1.807, 2.05) is 41.3 Å². The highest BCUT2D eigenvalue weighted by atomic mass is 16.5. The van der Waals surface area contributed by atoms with Crippen LogP contribution in [0.3, 0.4) is 0 Å². The lowest BCUT2D eigenvalue weighted by Gasteiger charge is -2.23. The minimum Gasteiger partial charge on any atom is -0.488 e. The van der Waals surface area contributed by atoms with Crippen molar-refractivity contribution in [2.24, 2.45) is 0 Å². The summed E-state index contributed by atoms with van der Waals surface area (Å²) in [5.74, 6) is 0.951. The molecule has 0 N–H and O–H groups in total. The summed E-state index contributed by atoms with van der Waals surface area (Å²) >= 11 is 0. The average molecular weight is 419 g/mol. The highest BCUT2D eigenvalue weighted by Gasteiger charge is 2.17. The van der Waals surface area contributed by atoms with Crippen molar-refractivity contribution >= 4 is 16.8 Å². The summed E-state index contributed by atoms with van der Waals surface area (Å²) < 4.78 is 6.30. The molecule has 31 heavy (non-hydrogen) atoms. The van der Waals surface area contributed by atoms with E-state index in [9.17, 15) is 4.79 Å². The van der Waals surface area contributed by atoms with Crippen molar-refractivity contribution in [2.75, 3.05) is 6.54 Å². The fourth-order valence-corrected chi connectivity index (χ4v) is 3.83. The Morgan fingerprint density at radius 2 is 1.68 bits per heavy atom. The van der Waals surface area contributed by atoms with Crippen LogP contribution < -0.4 is 4.74 Å². The molecule has 1 aromatic heterocycles. The van der Waals surface area contributed by atoms with E-state index in [0.29, 0.717) is 13.2 Å².